The van der Waals surface area contributed by atoms with Crippen LogP contribution in [0.1, 0.15) is 31.1 Å². The second kappa shape index (κ2) is 5.04. The van der Waals surface area contributed by atoms with E-state index in [1.54, 1.807) is 35.2 Å². The lowest BCUT2D eigenvalue weighted by atomic mass is 10.0. The minimum atomic E-state index is -0.230. The Kier molecular flexibility index (Phi) is 3.94. The highest BCUT2D eigenvalue weighted by Gasteiger charge is 2.25. The summed E-state index contributed by atoms with van der Waals surface area (Å²) >= 11 is 0. The van der Waals surface area contributed by atoms with Crippen molar-refractivity contribution in [3.8, 4) is 0 Å². The molecule has 0 aromatic heterocycles. The quantitative estimate of drug-likeness (QED) is 0.643. The maximum Gasteiger partial charge on any atom is 0.254 e. The van der Waals surface area contributed by atoms with Crippen LogP contribution in [0.3, 0.4) is 0 Å². The molecule has 1 aromatic rings. The first-order chi connectivity index (χ1) is 7.86. The lowest BCUT2D eigenvalue weighted by Gasteiger charge is -2.35. The molecule has 92 valence electrons. The zero-order valence-electron chi connectivity index (χ0n) is 10.7. The Morgan fingerprint density at radius 3 is 2.29 bits per heavy atom. The predicted octanol–water partition coefficient (Wildman–Crippen LogP) is 2.70. The van der Waals surface area contributed by atoms with E-state index in [2.05, 4.69) is 6.58 Å². The third-order valence-corrected chi connectivity index (χ3v) is 2.52. The largest absolute Gasteiger partial charge is 0.399 e. The minimum Gasteiger partial charge on any atom is -0.399 e. The molecule has 0 aliphatic heterocycles. The molecule has 0 fully saturated rings. The highest BCUT2D eigenvalue weighted by atomic mass is 16.2. The highest BCUT2D eigenvalue weighted by molar-refractivity contribution is 5.95. The lowest BCUT2D eigenvalue weighted by Crippen LogP contribution is -2.45. The topological polar surface area (TPSA) is 46.3 Å². The maximum absolute atomic E-state index is 12.3. The van der Waals surface area contributed by atoms with Gasteiger partial charge in [0.05, 0.1) is 0 Å². The number of carbonyl (C=O) groups is 1. The number of hydrogen-bond acceptors (Lipinski definition) is 2. The molecule has 0 bridgehead atoms. The van der Waals surface area contributed by atoms with E-state index in [0.717, 1.165) is 0 Å². The van der Waals surface area contributed by atoms with Gasteiger partial charge in [0.2, 0.25) is 0 Å². The maximum atomic E-state index is 12.3. The first-order valence-electron chi connectivity index (χ1n) is 5.64. The monoisotopic (exact) mass is 232 g/mol. The number of rotatable bonds is 3. The van der Waals surface area contributed by atoms with E-state index in [1.165, 1.54) is 0 Å². The van der Waals surface area contributed by atoms with Crippen LogP contribution < -0.4 is 5.73 Å². The molecule has 0 aliphatic rings. The summed E-state index contributed by atoms with van der Waals surface area (Å²) in [7, 11) is 0. The Labute approximate surface area is 103 Å². The molecule has 0 saturated heterocycles. The molecule has 0 saturated carbocycles. The van der Waals surface area contributed by atoms with Gasteiger partial charge < -0.3 is 10.6 Å². The summed E-state index contributed by atoms with van der Waals surface area (Å²) < 4.78 is 0. The van der Waals surface area contributed by atoms with E-state index >= 15 is 0 Å². The summed E-state index contributed by atoms with van der Waals surface area (Å²) in [5.41, 5.74) is 6.69. The highest BCUT2D eigenvalue weighted by Crippen LogP contribution is 2.17. The van der Waals surface area contributed by atoms with Crippen molar-refractivity contribution in [3.05, 3.63) is 42.5 Å². The van der Waals surface area contributed by atoms with Gasteiger partial charge in [0, 0.05) is 23.3 Å². The van der Waals surface area contributed by atoms with Gasteiger partial charge in [-0.2, -0.15) is 0 Å². The zero-order chi connectivity index (χ0) is 13.1. The summed E-state index contributed by atoms with van der Waals surface area (Å²) in [6.07, 6.45) is 1.74. The summed E-state index contributed by atoms with van der Waals surface area (Å²) in [4.78, 5) is 14.1. The van der Waals surface area contributed by atoms with Crippen LogP contribution in [-0.2, 0) is 0 Å². The van der Waals surface area contributed by atoms with Crippen LogP contribution in [0.5, 0.6) is 0 Å². The Morgan fingerprint density at radius 1 is 1.35 bits per heavy atom. The first kappa shape index (κ1) is 13.3. The second-order valence-electron chi connectivity index (χ2n) is 5.00. The standard InChI is InChI=1S/C14H20N2O/c1-5-10-16(14(2,3)4)13(17)11-6-8-12(15)9-7-11/h5-9H,1,10,15H2,2-4H3. The van der Waals surface area contributed by atoms with Crippen molar-refractivity contribution in [3.63, 3.8) is 0 Å². The molecule has 0 spiro atoms. The van der Waals surface area contributed by atoms with Gasteiger partial charge in [-0.25, -0.2) is 0 Å². The van der Waals surface area contributed by atoms with E-state index in [0.29, 0.717) is 17.8 Å². The van der Waals surface area contributed by atoms with Crippen LogP contribution in [0.25, 0.3) is 0 Å². The van der Waals surface area contributed by atoms with E-state index in [-0.39, 0.29) is 11.4 Å². The molecular formula is C14H20N2O. The molecule has 0 heterocycles. The Balaban J connectivity index is 3.00. The van der Waals surface area contributed by atoms with E-state index in [9.17, 15) is 4.79 Å². The number of nitrogens with two attached hydrogens (primary N) is 1. The van der Waals surface area contributed by atoms with Crippen LogP contribution in [-0.4, -0.2) is 22.9 Å². The van der Waals surface area contributed by atoms with E-state index in [4.69, 9.17) is 5.73 Å². The minimum absolute atomic E-state index is 0.00241. The van der Waals surface area contributed by atoms with E-state index < -0.39 is 0 Å². The van der Waals surface area contributed by atoms with Gasteiger partial charge in [-0.1, -0.05) is 6.08 Å². The smallest absolute Gasteiger partial charge is 0.254 e. The van der Waals surface area contributed by atoms with E-state index in [1.807, 2.05) is 20.8 Å². The average Bonchev–Trinajstić information content (AvgIpc) is 2.24. The van der Waals surface area contributed by atoms with Gasteiger partial charge in [-0.3, -0.25) is 4.79 Å². The first-order valence-corrected chi connectivity index (χ1v) is 5.64. The number of anilines is 1. The molecule has 0 atom stereocenters. The SMILES string of the molecule is C=CCN(C(=O)c1ccc(N)cc1)C(C)(C)C. The fourth-order valence-electron chi connectivity index (χ4n) is 1.57. The normalized spacial score (nSPS) is 11.0. The third-order valence-electron chi connectivity index (χ3n) is 2.52. The fourth-order valence-corrected chi connectivity index (χ4v) is 1.57. The van der Waals surface area contributed by atoms with Crippen molar-refractivity contribution >= 4 is 11.6 Å². The summed E-state index contributed by atoms with van der Waals surface area (Å²) in [6.45, 7) is 10.2. The Hall–Kier alpha value is -1.77. The molecule has 0 radical (unpaired) electrons. The molecule has 17 heavy (non-hydrogen) atoms. The number of nitrogen functional groups attached to an aromatic ring is 1. The van der Waals surface area contributed by atoms with Gasteiger partial charge in [-0.05, 0) is 45.0 Å². The molecule has 0 unspecified atom stereocenters. The zero-order valence-corrected chi connectivity index (χ0v) is 10.7. The number of nitrogens with zero attached hydrogens (tertiary/aromatic N) is 1. The number of carbonyl (C=O) groups excluding carboxylic acids is 1. The van der Waals surface area contributed by atoms with Crippen molar-refractivity contribution in [1.82, 2.24) is 4.90 Å². The van der Waals surface area contributed by atoms with Crippen LogP contribution >= 0.6 is 0 Å². The van der Waals surface area contributed by atoms with Crippen LogP contribution in [0.15, 0.2) is 36.9 Å². The van der Waals surface area contributed by atoms with Crippen molar-refractivity contribution in [2.45, 2.75) is 26.3 Å². The number of amides is 1. The predicted molar refractivity (Wildman–Crippen MR) is 71.8 cm³/mol. The molecule has 1 rings (SSSR count). The molecule has 0 aliphatic carbocycles. The van der Waals surface area contributed by atoms with Crippen LogP contribution in [0.2, 0.25) is 0 Å². The van der Waals surface area contributed by atoms with Gasteiger partial charge in [-0.15, -0.1) is 6.58 Å². The van der Waals surface area contributed by atoms with Gasteiger partial charge in [0.15, 0.2) is 0 Å². The number of hydrogen-bond donors (Lipinski definition) is 1. The van der Waals surface area contributed by atoms with Crippen molar-refractivity contribution in [2.24, 2.45) is 0 Å². The van der Waals surface area contributed by atoms with Crippen molar-refractivity contribution in [2.75, 3.05) is 12.3 Å². The van der Waals surface area contributed by atoms with Crippen LogP contribution in [0, 0.1) is 0 Å². The summed E-state index contributed by atoms with van der Waals surface area (Å²) in [6, 6.07) is 6.98. The molecule has 3 nitrogen and oxygen atoms in total. The van der Waals surface area contributed by atoms with Gasteiger partial charge in [0.25, 0.3) is 5.91 Å². The van der Waals surface area contributed by atoms with Crippen molar-refractivity contribution < 1.29 is 4.79 Å². The summed E-state index contributed by atoms with van der Waals surface area (Å²) in [5.74, 6) is -0.00241. The molecule has 2 N–H and O–H groups in total. The molecule has 1 aromatic carbocycles. The van der Waals surface area contributed by atoms with Crippen LogP contribution in [0.4, 0.5) is 5.69 Å². The molecule has 1 amide bonds. The average molecular weight is 232 g/mol. The lowest BCUT2D eigenvalue weighted by molar-refractivity contribution is 0.0616. The van der Waals surface area contributed by atoms with Gasteiger partial charge >= 0.3 is 0 Å². The third kappa shape index (κ3) is 3.34. The summed E-state index contributed by atoms with van der Waals surface area (Å²) in [5, 5.41) is 0. The number of benzene rings is 1. The molecule has 3 heteroatoms. The second-order valence-corrected chi connectivity index (χ2v) is 5.00. The Bertz CT molecular complexity index is 401. The molecular weight excluding hydrogens is 212 g/mol. The van der Waals surface area contributed by atoms with Crippen molar-refractivity contribution in [1.29, 1.82) is 0 Å². The Morgan fingerprint density at radius 2 is 1.88 bits per heavy atom. The van der Waals surface area contributed by atoms with Gasteiger partial charge in [0.1, 0.15) is 0 Å². The fraction of sp³-hybridized carbons (Fsp3) is 0.357.